The molecule has 4 heterocycles. The third-order valence-electron chi connectivity index (χ3n) is 8.40. The molecule has 0 radical (unpaired) electrons. The van der Waals surface area contributed by atoms with E-state index < -0.39 is 0 Å². The zero-order valence-corrected chi connectivity index (χ0v) is 23.5. The Hall–Kier alpha value is -6.14. The average Bonchev–Trinajstić information content (AvgIpc) is 3.61. The Morgan fingerprint density at radius 1 is 0.318 bits per heavy atom. The highest BCUT2D eigenvalue weighted by Gasteiger charge is 2.16. The Morgan fingerprint density at radius 3 is 1.11 bits per heavy atom. The molecule has 0 amide bonds. The van der Waals surface area contributed by atoms with Crippen molar-refractivity contribution >= 4 is 43.6 Å². The van der Waals surface area contributed by atoms with Crippen LogP contribution in [-0.4, -0.2) is 29.1 Å². The first kappa shape index (κ1) is 24.5. The van der Waals surface area contributed by atoms with Gasteiger partial charge in [0.15, 0.2) is 0 Å². The standard InChI is InChI=1S/C38H24N6/c1-3-9-33-29(7-1)31-23-27(15-17-35(31)43(33)37-39-19-5-20-40-37)25-11-13-26(14-12-25)28-16-18-36-32(24-28)30-8-2-4-10-34(30)44(36)38-41-21-6-22-42-38/h1-24H. The summed E-state index contributed by atoms with van der Waals surface area (Å²) in [6.45, 7) is 0. The van der Waals surface area contributed by atoms with Gasteiger partial charge in [-0.25, -0.2) is 19.9 Å². The van der Waals surface area contributed by atoms with Crippen molar-refractivity contribution in [2.24, 2.45) is 0 Å². The monoisotopic (exact) mass is 564 g/mol. The van der Waals surface area contributed by atoms with E-state index in [0.29, 0.717) is 11.9 Å². The van der Waals surface area contributed by atoms with E-state index in [9.17, 15) is 0 Å². The second kappa shape index (κ2) is 9.71. The van der Waals surface area contributed by atoms with Gasteiger partial charge in [0.2, 0.25) is 11.9 Å². The third-order valence-corrected chi connectivity index (χ3v) is 8.40. The first-order valence-corrected chi connectivity index (χ1v) is 14.6. The SMILES string of the molecule is c1cnc(-n2c3ccccc3c3cc(-c4ccc(-c5ccc6c(c5)c5ccccc5n6-c5ncccn5)cc4)ccc32)nc1. The molecule has 6 nitrogen and oxygen atoms in total. The van der Waals surface area contributed by atoms with Gasteiger partial charge in [0.1, 0.15) is 0 Å². The lowest BCUT2D eigenvalue weighted by Crippen LogP contribution is -1.99. The fraction of sp³-hybridized carbons (Fsp3) is 0. The van der Waals surface area contributed by atoms with E-state index in [1.165, 1.54) is 43.8 Å². The molecular formula is C38H24N6. The van der Waals surface area contributed by atoms with Crippen molar-refractivity contribution in [2.75, 3.05) is 0 Å². The molecule has 0 aliphatic heterocycles. The molecule has 0 saturated carbocycles. The lowest BCUT2D eigenvalue weighted by atomic mass is 9.98. The van der Waals surface area contributed by atoms with E-state index in [2.05, 4.69) is 138 Å². The van der Waals surface area contributed by atoms with Crippen molar-refractivity contribution in [3.8, 4) is 34.2 Å². The Kier molecular flexibility index (Phi) is 5.40. The Morgan fingerprint density at radius 2 is 0.682 bits per heavy atom. The Labute approximate surface area is 252 Å². The van der Waals surface area contributed by atoms with Crippen LogP contribution in [0.5, 0.6) is 0 Å². The van der Waals surface area contributed by atoms with Gasteiger partial charge in [0.25, 0.3) is 0 Å². The maximum atomic E-state index is 4.54. The van der Waals surface area contributed by atoms with Gasteiger partial charge in [-0.2, -0.15) is 0 Å². The van der Waals surface area contributed by atoms with Crippen LogP contribution < -0.4 is 0 Å². The maximum absolute atomic E-state index is 4.54. The molecule has 0 aliphatic carbocycles. The van der Waals surface area contributed by atoms with E-state index in [0.717, 1.165) is 22.1 Å². The van der Waals surface area contributed by atoms with Gasteiger partial charge in [-0.3, -0.25) is 9.13 Å². The first-order chi connectivity index (χ1) is 21.8. The average molecular weight is 565 g/mol. The van der Waals surface area contributed by atoms with Gasteiger partial charge in [0.05, 0.1) is 22.1 Å². The summed E-state index contributed by atoms with van der Waals surface area (Å²) in [6, 6.07) is 42.7. The van der Waals surface area contributed by atoms with Crippen molar-refractivity contribution in [3.63, 3.8) is 0 Å². The molecule has 0 aliphatic rings. The Balaban J connectivity index is 1.13. The summed E-state index contributed by atoms with van der Waals surface area (Å²) < 4.78 is 4.27. The van der Waals surface area contributed by atoms with Gasteiger partial charge in [0, 0.05) is 46.3 Å². The largest absolute Gasteiger partial charge is 0.278 e. The van der Waals surface area contributed by atoms with Gasteiger partial charge in [-0.05, 0) is 70.8 Å². The second-order valence-electron chi connectivity index (χ2n) is 10.8. The number of aromatic nitrogens is 6. The van der Waals surface area contributed by atoms with E-state index in [-0.39, 0.29) is 0 Å². The highest BCUT2D eigenvalue weighted by Crippen LogP contribution is 2.36. The molecule has 0 bridgehead atoms. The van der Waals surface area contributed by atoms with Gasteiger partial charge < -0.3 is 0 Å². The lowest BCUT2D eigenvalue weighted by molar-refractivity contribution is 0.988. The molecule has 0 spiro atoms. The molecule has 6 heteroatoms. The molecule has 0 unspecified atom stereocenters. The second-order valence-corrected chi connectivity index (χ2v) is 10.8. The minimum absolute atomic E-state index is 0.673. The van der Waals surface area contributed by atoms with Crippen LogP contribution in [0.3, 0.4) is 0 Å². The predicted octanol–water partition coefficient (Wildman–Crippen LogP) is 8.79. The number of para-hydroxylation sites is 2. The smallest absolute Gasteiger partial charge is 0.234 e. The fourth-order valence-electron chi connectivity index (χ4n) is 6.40. The number of fused-ring (bicyclic) bond motifs is 6. The summed E-state index contributed by atoms with van der Waals surface area (Å²) in [7, 11) is 0. The van der Waals surface area contributed by atoms with Crippen LogP contribution in [0.15, 0.2) is 146 Å². The number of benzene rings is 5. The van der Waals surface area contributed by atoms with Gasteiger partial charge >= 0.3 is 0 Å². The molecule has 0 N–H and O–H groups in total. The van der Waals surface area contributed by atoms with Crippen molar-refractivity contribution in [2.45, 2.75) is 0 Å². The highest BCUT2D eigenvalue weighted by atomic mass is 15.2. The Bertz CT molecular complexity index is 2300. The third kappa shape index (κ3) is 3.75. The molecule has 5 aromatic carbocycles. The molecule has 9 rings (SSSR count). The molecule has 206 valence electrons. The number of hydrogen-bond acceptors (Lipinski definition) is 4. The number of hydrogen-bond donors (Lipinski definition) is 0. The van der Waals surface area contributed by atoms with Gasteiger partial charge in [-0.15, -0.1) is 0 Å². The fourth-order valence-corrected chi connectivity index (χ4v) is 6.40. The van der Waals surface area contributed by atoms with Crippen LogP contribution in [0.2, 0.25) is 0 Å². The summed E-state index contributed by atoms with van der Waals surface area (Å²) >= 11 is 0. The summed E-state index contributed by atoms with van der Waals surface area (Å²) in [4.78, 5) is 18.1. The normalized spacial score (nSPS) is 11.6. The molecule has 9 aromatic rings. The topological polar surface area (TPSA) is 61.4 Å². The molecule has 0 saturated heterocycles. The number of rotatable bonds is 4. The van der Waals surface area contributed by atoms with Crippen molar-refractivity contribution in [3.05, 3.63) is 146 Å². The van der Waals surface area contributed by atoms with E-state index in [4.69, 9.17) is 0 Å². The predicted molar refractivity (Wildman–Crippen MR) is 177 cm³/mol. The van der Waals surface area contributed by atoms with Crippen LogP contribution in [0.25, 0.3) is 77.8 Å². The zero-order chi connectivity index (χ0) is 29.0. The van der Waals surface area contributed by atoms with E-state index in [1.807, 2.05) is 12.1 Å². The summed E-state index contributed by atoms with van der Waals surface area (Å²) in [5.41, 5.74) is 9.04. The summed E-state index contributed by atoms with van der Waals surface area (Å²) in [6.07, 6.45) is 7.14. The van der Waals surface area contributed by atoms with Crippen molar-refractivity contribution in [1.82, 2.24) is 29.1 Å². The van der Waals surface area contributed by atoms with Crippen LogP contribution >= 0.6 is 0 Å². The van der Waals surface area contributed by atoms with E-state index >= 15 is 0 Å². The molecule has 0 atom stereocenters. The molecule has 0 fully saturated rings. The maximum Gasteiger partial charge on any atom is 0.234 e. The van der Waals surface area contributed by atoms with Crippen molar-refractivity contribution < 1.29 is 0 Å². The zero-order valence-electron chi connectivity index (χ0n) is 23.5. The van der Waals surface area contributed by atoms with Crippen LogP contribution in [0.1, 0.15) is 0 Å². The first-order valence-electron chi connectivity index (χ1n) is 14.6. The molecule has 4 aromatic heterocycles. The highest BCUT2D eigenvalue weighted by molar-refractivity contribution is 6.11. The summed E-state index contributed by atoms with van der Waals surface area (Å²) in [5.74, 6) is 1.35. The lowest BCUT2D eigenvalue weighted by Gasteiger charge is -2.08. The van der Waals surface area contributed by atoms with Crippen LogP contribution in [0.4, 0.5) is 0 Å². The quantitative estimate of drug-likeness (QED) is 0.214. The molecule has 44 heavy (non-hydrogen) atoms. The van der Waals surface area contributed by atoms with E-state index in [1.54, 1.807) is 24.8 Å². The summed E-state index contributed by atoms with van der Waals surface area (Å²) in [5, 5.41) is 4.72. The molecular weight excluding hydrogens is 540 g/mol. The minimum atomic E-state index is 0.673. The minimum Gasteiger partial charge on any atom is -0.278 e. The van der Waals surface area contributed by atoms with Crippen LogP contribution in [0, 0.1) is 0 Å². The van der Waals surface area contributed by atoms with Crippen LogP contribution in [-0.2, 0) is 0 Å². The van der Waals surface area contributed by atoms with Gasteiger partial charge in [-0.1, -0.05) is 72.8 Å². The number of nitrogens with zero attached hydrogens (tertiary/aromatic N) is 6. The van der Waals surface area contributed by atoms with Crippen molar-refractivity contribution in [1.29, 1.82) is 0 Å².